The molecule has 0 radical (unpaired) electrons. The second-order valence-electron chi connectivity index (χ2n) is 4.64. The number of aliphatic hydroxyl groups is 1. The summed E-state index contributed by atoms with van der Waals surface area (Å²) in [5, 5.41) is 13.6. The SMILES string of the molecule is COc1ccc(F)cc1CC1(O)CCCNC1. The maximum absolute atomic E-state index is 13.2. The number of piperidine rings is 1. The highest BCUT2D eigenvalue weighted by molar-refractivity contribution is 5.35. The van der Waals surface area contributed by atoms with E-state index < -0.39 is 5.60 Å². The zero-order chi connectivity index (χ0) is 12.3. The summed E-state index contributed by atoms with van der Waals surface area (Å²) in [6, 6.07) is 4.40. The van der Waals surface area contributed by atoms with Gasteiger partial charge in [0.25, 0.3) is 0 Å². The molecule has 0 bridgehead atoms. The average molecular weight is 239 g/mol. The van der Waals surface area contributed by atoms with E-state index in [0.717, 1.165) is 24.9 Å². The fraction of sp³-hybridized carbons (Fsp3) is 0.538. The van der Waals surface area contributed by atoms with Gasteiger partial charge in [-0.1, -0.05) is 0 Å². The van der Waals surface area contributed by atoms with Crippen LogP contribution in [0.2, 0.25) is 0 Å². The first-order valence-electron chi connectivity index (χ1n) is 5.88. The van der Waals surface area contributed by atoms with E-state index in [-0.39, 0.29) is 5.82 Å². The molecule has 1 heterocycles. The Morgan fingerprint density at radius 2 is 2.35 bits per heavy atom. The van der Waals surface area contributed by atoms with E-state index >= 15 is 0 Å². The first-order chi connectivity index (χ1) is 8.13. The summed E-state index contributed by atoms with van der Waals surface area (Å²) >= 11 is 0. The second kappa shape index (κ2) is 5.02. The molecule has 4 heteroatoms. The normalized spacial score (nSPS) is 24.6. The Kier molecular flexibility index (Phi) is 3.64. The van der Waals surface area contributed by atoms with Gasteiger partial charge in [-0.15, -0.1) is 0 Å². The van der Waals surface area contributed by atoms with Gasteiger partial charge in [0.1, 0.15) is 11.6 Å². The van der Waals surface area contributed by atoms with E-state index in [1.54, 1.807) is 13.2 Å². The van der Waals surface area contributed by atoms with Crippen molar-refractivity contribution in [2.45, 2.75) is 24.9 Å². The molecule has 0 amide bonds. The number of β-amino-alcohol motifs (C(OH)–C–C–N with tert-alkyl or cyclic N) is 1. The lowest BCUT2D eigenvalue weighted by Gasteiger charge is -2.33. The quantitative estimate of drug-likeness (QED) is 0.839. The van der Waals surface area contributed by atoms with Crippen molar-refractivity contribution in [3.05, 3.63) is 29.6 Å². The third-order valence-electron chi connectivity index (χ3n) is 3.21. The minimum atomic E-state index is -0.792. The fourth-order valence-electron chi connectivity index (χ4n) is 2.34. The maximum Gasteiger partial charge on any atom is 0.123 e. The highest BCUT2D eigenvalue weighted by atomic mass is 19.1. The lowest BCUT2D eigenvalue weighted by molar-refractivity contribution is 0.0164. The number of hydrogen-bond donors (Lipinski definition) is 2. The zero-order valence-electron chi connectivity index (χ0n) is 10.0. The third-order valence-corrected chi connectivity index (χ3v) is 3.21. The molecule has 94 valence electrons. The van der Waals surface area contributed by atoms with Gasteiger partial charge in [0.15, 0.2) is 0 Å². The number of methoxy groups -OCH3 is 1. The van der Waals surface area contributed by atoms with Crippen molar-refractivity contribution in [1.82, 2.24) is 5.32 Å². The van der Waals surface area contributed by atoms with Gasteiger partial charge in [-0.3, -0.25) is 0 Å². The molecular weight excluding hydrogens is 221 g/mol. The minimum Gasteiger partial charge on any atom is -0.496 e. The largest absolute Gasteiger partial charge is 0.496 e. The maximum atomic E-state index is 13.2. The third kappa shape index (κ3) is 2.96. The predicted molar refractivity (Wildman–Crippen MR) is 63.7 cm³/mol. The van der Waals surface area contributed by atoms with Crippen LogP contribution in [0.15, 0.2) is 18.2 Å². The first-order valence-corrected chi connectivity index (χ1v) is 5.88. The fourth-order valence-corrected chi connectivity index (χ4v) is 2.34. The summed E-state index contributed by atoms with van der Waals surface area (Å²) in [7, 11) is 1.56. The molecule has 1 aliphatic rings. The number of ether oxygens (including phenoxy) is 1. The van der Waals surface area contributed by atoms with Crippen LogP contribution in [0.3, 0.4) is 0 Å². The molecule has 0 aliphatic carbocycles. The molecule has 1 fully saturated rings. The van der Waals surface area contributed by atoms with Crippen LogP contribution in [0, 0.1) is 5.82 Å². The van der Waals surface area contributed by atoms with Crippen molar-refractivity contribution < 1.29 is 14.2 Å². The van der Waals surface area contributed by atoms with Gasteiger partial charge in [-0.2, -0.15) is 0 Å². The predicted octanol–water partition coefficient (Wildman–Crippen LogP) is 1.49. The Morgan fingerprint density at radius 3 is 3.00 bits per heavy atom. The Balaban J connectivity index is 2.19. The van der Waals surface area contributed by atoms with Crippen molar-refractivity contribution in [1.29, 1.82) is 0 Å². The van der Waals surface area contributed by atoms with Crippen LogP contribution in [0.5, 0.6) is 5.75 Å². The zero-order valence-corrected chi connectivity index (χ0v) is 10.0. The molecule has 0 spiro atoms. The molecule has 0 aromatic heterocycles. The van der Waals surface area contributed by atoms with Gasteiger partial charge in [0.05, 0.1) is 12.7 Å². The highest BCUT2D eigenvalue weighted by Gasteiger charge is 2.30. The standard InChI is InChI=1S/C13H18FNO2/c1-17-12-4-3-11(14)7-10(12)8-13(16)5-2-6-15-9-13/h3-4,7,15-16H,2,5-6,8-9H2,1H3. The summed E-state index contributed by atoms with van der Waals surface area (Å²) in [6.07, 6.45) is 2.09. The van der Waals surface area contributed by atoms with Crippen molar-refractivity contribution in [2.24, 2.45) is 0 Å². The summed E-state index contributed by atoms with van der Waals surface area (Å²) in [4.78, 5) is 0. The summed E-state index contributed by atoms with van der Waals surface area (Å²) < 4.78 is 18.4. The molecule has 2 N–H and O–H groups in total. The van der Waals surface area contributed by atoms with Crippen LogP contribution in [-0.4, -0.2) is 30.9 Å². The summed E-state index contributed by atoms with van der Waals surface area (Å²) in [5.74, 6) is 0.332. The molecule has 2 rings (SSSR count). The molecule has 17 heavy (non-hydrogen) atoms. The Labute approximate surface area is 101 Å². The number of benzene rings is 1. The van der Waals surface area contributed by atoms with Crippen LogP contribution < -0.4 is 10.1 Å². The van der Waals surface area contributed by atoms with Gasteiger partial charge in [0.2, 0.25) is 0 Å². The molecule has 1 aromatic rings. The van der Waals surface area contributed by atoms with E-state index in [0.29, 0.717) is 18.7 Å². The molecule has 1 unspecified atom stereocenters. The van der Waals surface area contributed by atoms with E-state index in [1.165, 1.54) is 12.1 Å². The number of halogens is 1. The summed E-state index contributed by atoms with van der Waals surface area (Å²) in [5.41, 5.74) is -0.0713. The number of hydrogen-bond acceptors (Lipinski definition) is 3. The Hall–Kier alpha value is -1.13. The Bertz CT molecular complexity index is 389. The van der Waals surface area contributed by atoms with Crippen LogP contribution in [0.4, 0.5) is 4.39 Å². The lowest BCUT2D eigenvalue weighted by Crippen LogP contribution is -2.47. The van der Waals surface area contributed by atoms with Crippen molar-refractivity contribution in [3.8, 4) is 5.75 Å². The Morgan fingerprint density at radius 1 is 1.53 bits per heavy atom. The molecular formula is C13H18FNO2. The summed E-state index contributed by atoms with van der Waals surface area (Å²) in [6.45, 7) is 1.48. The molecule has 1 atom stereocenters. The average Bonchev–Trinajstić information content (AvgIpc) is 2.29. The molecule has 3 nitrogen and oxygen atoms in total. The molecule has 1 aromatic carbocycles. The monoisotopic (exact) mass is 239 g/mol. The van der Waals surface area contributed by atoms with E-state index in [2.05, 4.69) is 5.32 Å². The minimum absolute atomic E-state index is 0.298. The lowest BCUT2D eigenvalue weighted by atomic mass is 9.87. The van der Waals surface area contributed by atoms with E-state index in [1.807, 2.05) is 0 Å². The molecule has 1 saturated heterocycles. The number of nitrogens with one attached hydrogen (secondary N) is 1. The van der Waals surface area contributed by atoms with Crippen LogP contribution in [-0.2, 0) is 6.42 Å². The van der Waals surface area contributed by atoms with Crippen molar-refractivity contribution in [2.75, 3.05) is 20.2 Å². The second-order valence-corrected chi connectivity index (χ2v) is 4.64. The van der Waals surface area contributed by atoms with Gasteiger partial charge in [-0.05, 0) is 43.1 Å². The van der Waals surface area contributed by atoms with Crippen LogP contribution in [0.25, 0.3) is 0 Å². The van der Waals surface area contributed by atoms with Crippen LogP contribution >= 0.6 is 0 Å². The molecule has 1 aliphatic heterocycles. The van der Waals surface area contributed by atoms with Gasteiger partial charge in [-0.25, -0.2) is 4.39 Å². The number of rotatable bonds is 3. The van der Waals surface area contributed by atoms with Crippen LogP contribution in [0.1, 0.15) is 18.4 Å². The van der Waals surface area contributed by atoms with E-state index in [4.69, 9.17) is 4.74 Å². The highest BCUT2D eigenvalue weighted by Crippen LogP contribution is 2.27. The van der Waals surface area contributed by atoms with Gasteiger partial charge in [0, 0.05) is 13.0 Å². The smallest absolute Gasteiger partial charge is 0.123 e. The first kappa shape index (κ1) is 12.3. The van der Waals surface area contributed by atoms with Gasteiger partial charge >= 0.3 is 0 Å². The van der Waals surface area contributed by atoms with Gasteiger partial charge < -0.3 is 15.2 Å². The van der Waals surface area contributed by atoms with Crippen molar-refractivity contribution in [3.63, 3.8) is 0 Å². The van der Waals surface area contributed by atoms with Crippen molar-refractivity contribution >= 4 is 0 Å². The molecule has 0 saturated carbocycles. The van der Waals surface area contributed by atoms with E-state index in [9.17, 15) is 9.50 Å². The topological polar surface area (TPSA) is 41.5 Å².